The minimum atomic E-state index is -0.226. The largest absolute Gasteiger partial charge is 0.350 e. The summed E-state index contributed by atoms with van der Waals surface area (Å²) in [4.78, 5) is 29.0. The maximum absolute atomic E-state index is 13.9. The van der Waals surface area contributed by atoms with Crippen LogP contribution in [0.3, 0.4) is 0 Å². The van der Waals surface area contributed by atoms with E-state index in [9.17, 15) is 9.59 Å². The Morgan fingerprint density at radius 3 is 2.36 bits per heavy atom. The Balaban J connectivity index is 1.53. The number of anilines is 1. The van der Waals surface area contributed by atoms with Crippen LogP contribution in [0.2, 0.25) is 0 Å². The second kappa shape index (κ2) is 12.1. The van der Waals surface area contributed by atoms with Crippen molar-refractivity contribution in [1.82, 2.24) is 15.1 Å². The van der Waals surface area contributed by atoms with Gasteiger partial charge in [0.2, 0.25) is 11.8 Å². The van der Waals surface area contributed by atoms with Crippen molar-refractivity contribution in [3.63, 3.8) is 0 Å². The third-order valence-electron chi connectivity index (χ3n) is 7.46. The van der Waals surface area contributed by atoms with Crippen LogP contribution in [0.4, 0.5) is 5.82 Å². The van der Waals surface area contributed by atoms with E-state index in [2.05, 4.69) is 36.5 Å². The Hall–Kier alpha value is -4.62. The number of rotatable bonds is 7. The molecule has 0 bridgehead atoms. The SMILES string of the molecule is Cc1cccc(C2SCC(=O)N(CC(=O)NCc3ccccc3)c3c2c(-c2ccccc2)nn3-c2ccccc2C)c1. The summed E-state index contributed by atoms with van der Waals surface area (Å²) in [5, 5.41) is 8.05. The highest BCUT2D eigenvalue weighted by Gasteiger charge is 2.37. The van der Waals surface area contributed by atoms with Crippen molar-refractivity contribution in [2.75, 3.05) is 17.2 Å². The second-order valence-corrected chi connectivity index (χ2v) is 11.6. The number of fused-ring (bicyclic) bond motifs is 1. The summed E-state index contributed by atoms with van der Waals surface area (Å²) in [5.74, 6) is 0.525. The first-order valence-corrected chi connectivity index (χ1v) is 15.1. The number of nitrogens with one attached hydrogen (secondary N) is 1. The fourth-order valence-electron chi connectivity index (χ4n) is 5.39. The lowest BCUT2D eigenvalue weighted by atomic mass is 9.98. The number of benzene rings is 4. The maximum atomic E-state index is 13.9. The lowest BCUT2D eigenvalue weighted by Gasteiger charge is -2.24. The molecule has 1 unspecified atom stereocenters. The minimum absolute atomic E-state index is 0.106. The van der Waals surface area contributed by atoms with Crippen LogP contribution >= 0.6 is 11.8 Å². The average molecular weight is 573 g/mol. The van der Waals surface area contributed by atoms with Gasteiger partial charge in [-0.25, -0.2) is 4.68 Å². The van der Waals surface area contributed by atoms with Crippen molar-refractivity contribution in [1.29, 1.82) is 0 Å². The fourth-order valence-corrected chi connectivity index (χ4v) is 6.58. The van der Waals surface area contributed by atoms with E-state index in [-0.39, 0.29) is 29.4 Å². The first-order valence-electron chi connectivity index (χ1n) is 14.0. The van der Waals surface area contributed by atoms with Crippen molar-refractivity contribution in [3.05, 3.63) is 137 Å². The quantitative estimate of drug-likeness (QED) is 0.237. The van der Waals surface area contributed by atoms with Gasteiger partial charge in [-0.2, -0.15) is 5.10 Å². The van der Waals surface area contributed by atoms with Crippen molar-refractivity contribution in [2.24, 2.45) is 0 Å². The third-order valence-corrected chi connectivity index (χ3v) is 8.71. The normalized spacial score (nSPS) is 14.8. The van der Waals surface area contributed by atoms with Crippen LogP contribution < -0.4 is 10.2 Å². The van der Waals surface area contributed by atoms with Gasteiger partial charge in [-0.15, -0.1) is 11.8 Å². The van der Waals surface area contributed by atoms with Crippen molar-refractivity contribution < 1.29 is 9.59 Å². The molecule has 2 amide bonds. The molecular formula is C35H32N4O2S. The first kappa shape index (κ1) is 27.5. The Morgan fingerprint density at radius 1 is 0.905 bits per heavy atom. The van der Waals surface area contributed by atoms with Crippen LogP contribution in [-0.2, 0) is 16.1 Å². The van der Waals surface area contributed by atoms with Gasteiger partial charge in [0.05, 0.1) is 22.4 Å². The molecule has 0 radical (unpaired) electrons. The van der Waals surface area contributed by atoms with Crippen LogP contribution in [0.15, 0.2) is 109 Å². The molecule has 0 saturated heterocycles. The maximum Gasteiger partial charge on any atom is 0.240 e. The number of amides is 2. The van der Waals surface area contributed by atoms with Gasteiger partial charge in [-0.1, -0.05) is 109 Å². The number of aryl methyl sites for hydroxylation is 2. The van der Waals surface area contributed by atoms with Gasteiger partial charge < -0.3 is 5.32 Å². The highest BCUT2D eigenvalue weighted by Crippen LogP contribution is 2.48. The Bertz CT molecular complexity index is 1730. The van der Waals surface area contributed by atoms with E-state index >= 15 is 0 Å². The molecule has 4 aromatic carbocycles. The zero-order chi connectivity index (χ0) is 29.1. The lowest BCUT2D eigenvalue weighted by Crippen LogP contribution is -2.42. The Kier molecular flexibility index (Phi) is 7.93. The number of nitrogens with zero attached hydrogens (tertiary/aromatic N) is 3. The van der Waals surface area contributed by atoms with E-state index in [0.29, 0.717) is 12.4 Å². The molecule has 5 aromatic rings. The summed E-state index contributed by atoms with van der Waals surface area (Å²) in [7, 11) is 0. The molecule has 0 aliphatic carbocycles. The highest BCUT2D eigenvalue weighted by atomic mass is 32.2. The van der Waals surface area contributed by atoms with Crippen LogP contribution in [0, 0.1) is 13.8 Å². The number of thioether (sulfide) groups is 1. The van der Waals surface area contributed by atoms with Gasteiger partial charge in [-0.05, 0) is 36.6 Å². The van der Waals surface area contributed by atoms with E-state index in [1.807, 2.05) is 96.5 Å². The molecule has 7 heteroatoms. The number of hydrogen-bond donors (Lipinski definition) is 1. The van der Waals surface area contributed by atoms with Crippen LogP contribution in [-0.4, -0.2) is 33.9 Å². The molecule has 210 valence electrons. The summed E-state index contributed by atoms with van der Waals surface area (Å²) >= 11 is 1.58. The molecule has 1 atom stereocenters. The van der Waals surface area contributed by atoms with Gasteiger partial charge in [0.25, 0.3) is 0 Å². The first-order chi connectivity index (χ1) is 20.5. The predicted octanol–water partition coefficient (Wildman–Crippen LogP) is 6.64. The van der Waals surface area contributed by atoms with E-state index in [0.717, 1.165) is 44.8 Å². The van der Waals surface area contributed by atoms with E-state index in [1.165, 1.54) is 0 Å². The average Bonchev–Trinajstić information content (AvgIpc) is 3.33. The van der Waals surface area contributed by atoms with Crippen molar-refractivity contribution >= 4 is 29.4 Å². The molecule has 1 aromatic heterocycles. The van der Waals surface area contributed by atoms with Crippen LogP contribution in [0.5, 0.6) is 0 Å². The van der Waals surface area contributed by atoms with Gasteiger partial charge in [0.1, 0.15) is 12.4 Å². The monoisotopic (exact) mass is 572 g/mol. The summed E-state index contributed by atoms with van der Waals surface area (Å²) in [6.45, 7) is 4.40. The third kappa shape index (κ3) is 5.60. The topological polar surface area (TPSA) is 67.2 Å². The van der Waals surface area contributed by atoms with Crippen LogP contribution in [0.1, 0.15) is 33.1 Å². The molecule has 6 nitrogen and oxygen atoms in total. The van der Waals surface area contributed by atoms with E-state index < -0.39 is 0 Å². The molecule has 1 N–H and O–H groups in total. The summed E-state index contributed by atoms with van der Waals surface area (Å²) in [5.41, 5.74) is 7.84. The van der Waals surface area contributed by atoms with Gasteiger partial charge >= 0.3 is 0 Å². The number of para-hydroxylation sites is 1. The van der Waals surface area contributed by atoms with Gasteiger partial charge in [0, 0.05) is 17.7 Å². The van der Waals surface area contributed by atoms with E-state index in [4.69, 9.17) is 5.10 Å². The smallest absolute Gasteiger partial charge is 0.240 e. The highest BCUT2D eigenvalue weighted by molar-refractivity contribution is 8.00. The zero-order valence-electron chi connectivity index (χ0n) is 23.7. The molecule has 42 heavy (non-hydrogen) atoms. The van der Waals surface area contributed by atoms with Crippen LogP contribution in [0.25, 0.3) is 16.9 Å². The zero-order valence-corrected chi connectivity index (χ0v) is 24.5. The Labute approximate surface area is 250 Å². The fraction of sp³-hybridized carbons (Fsp3) is 0.171. The summed E-state index contributed by atoms with van der Waals surface area (Å²) in [6.07, 6.45) is 0. The van der Waals surface area contributed by atoms with E-state index in [1.54, 1.807) is 16.7 Å². The second-order valence-electron chi connectivity index (χ2n) is 10.5. The summed E-state index contributed by atoms with van der Waals surface area (Å²) in [6, 6.07) is 36.3. The van der Waals surface area contributed by atoms with Gasteiger partial charge in [0.15, 0.2) is 0 Å². The molecule has 2 heterocycles. The molecule has 0 spiro atoms. The molecule has 1 aliphatic heterocycles. The van der Waals surface area contributed by atoms with Crippen molar-refractivity contribution in [2.45, 2.75) is 25.6 Å². The molecule has 6 rings (SSSR count). The number of carbonyl (C=O) groups excluding carboxylic acids is 2. The summed E-state index contributed by atoms with van der Waals surface area (Å²) < 4.78 is 1.87. The number of carbonyl (C=O) groups is 2. The lowest BCUT2D eigenvalue weighted by molar-refractivity contribution is -0.123. The molecule has 1 aliphatic rings. The minimum Gasteiger partial charge on any atom is -0.350 e. The number of aromatic nitrogens is 2. The predicted molar refractivity (Wildman–Crippen MR) is 170 cm³/mol. The van der Waals surface area contributed by atoms with Crippen molar-refractivity contribution in [3.8, 4) is 16.9 Å². The molecular weight excluding hydrogens is 540 g/mol. The standard InChI is InChI=1S/C35H32N4O2S/c1-24-12-11-18-28(20-24)34-32-33(27-16-7-4-8-17-27)37-39(29-19-10-9-13-25(29)2)35(32)38(31(41)23-42-34)22-30(40)36-21-26-14-5-3-6-15-26/h3-20,34H,21-23H2,1-2H3,(H,36,40). The molecule has 0 fully saturated rings. The number of hydrogen-bond acceptors (Lipinski definition) is 4. The van der Waals surface area contributed by atoms with Gasteiger partial charge in [-0.3, -0.25) is 14.5 Å². The molecule has 0 saturated carbocycles. The Morgan fingerprint density at radius 2 is 1.62 bits per heavy atom.